The van der Waals surface area contributed by atoms with Crippen LogP contribution in [0.5, 0.6) is 0 Å². The summed E-state index contributed by atoms with van der Waals surface area (Å²) in [5.74, 6) is 0. The molecule has 1 aromatic rings. The molecule has 118 valence electrons. The highest BCUT2D eigenvalue weighted by atomic mass is 32.2. The van der Waals surface area contributed by atoms with Gasteiger partial charge in [-0.2, -0.15) is 8.42 Å². The standard InChI is InChI=1S/C17H26O3S/c1-4-17(2,3)14-10-12-16(13-11-14)21(18,19)20-15-8-6-5-7-9-15/h10-13,15H,4-9H2,1-3H3. The summed E-state index contributed by atoms with van der Waals surface area (Å²) in [6, 6.07) is 7.15. The largest absolute Gasteiger partial charge is 0.297 e. The molecular formula is C17H26O3S. The van der Waals surface area contributed by atoms with Gasteiger partial charge in [0.2, 0.25) is 0 Å². The van der Waals surface area contributed by atoms with Gasteiger partial charge in [0, 0.05) is 0 Å². The summed E-state index contributed by atoms with van der Waals surface area (Å²) in [5.41, 5.74) is 1.22. The van der Waals surface area contributed by atoms with E-state index in [0.29, 0.717) is 0 Å². The third kappa shape index (κ3) is 4.07. The molecule has 0 heterocycles. The summed E-state index contributed by atoms with van der Waals surface area (Å²) in [7, 11) is -3.63. The van der Waals surface area contributed by atoms with Crippen molar-refractivity contribution in [3.8, 4) is 0 Å². The molecule has 0 amide bonds. The van der Waals surface area contributed by atoms with Crippen molar-refractivity contribution >= 4 is 10.1 Å². The van der Waals surface area contributed by atoms with E-state index in [4.69, 9.17) is 4.18 Å². The molecule has 1 aliphatic rings. The Morgan fingerprint density at radius 3 is 2.19 bits per heavy atom. The first kappa shape index (κ1) is 16.5. The van der Waals surface area contributed by atoms with Gasteiger partial charge in [0.25, 0.3) is 10.1 Å². The molecule has 4 heteroatoms. The van der Waals surface area contributed by atoms with E-state index in [-0.39, 0.29) is 16.4 Å². The molecule has 0 aromatic heterocycles. The van der Waals surface area contributed by atoms with Crippen LogP contribution in [-0.2, 0) is 19.7 Å². The third-order valence-corrected chi connectivity index (χ3v) is 6.00. The molecule has 0 N–H and O–H groups in total. The van der Waals surface area contributed by atoms with Crippen LogP contribution >= 0.6 is 0 Å². The fraction of sp³-hybridized carbons (Fsp3) is 0.647. The van der Waals surface area contributed by atoms with Crippen LogP contribution in [0.3, 0.4) is 0 Å². The zero-order chi connectivity index (χ0) is 15.5. The van der Waals surface area contributed by atoms with E-state index in [1.807, 2.05) is 12.1 Å². The first-order valence-corrected chi connectivity index (χ1v) is 9.30. The van der Waals surface area contributed by atoms with Crippen molar-refractivity contribution in [2.24, 2.45) is 0 Å². The van der Waals surface area contributed by atoms with Crippen molar-refractivity contribution in [3.63, 3.8) is 0 Å². The highest BCUT2D eigenvalue weighted by Gasteiger charge is 2.24. The molecule has 0 spiro atoms. The lowest BCUT2D eigenvalue weighted by atomic mass is 9.82. The van der Waals surface area contributed by atoms with E-state index >= 15 is 0 Å². The average Bonchev–Trinajstić information content (AvgIpc) is 2.48. The Kier molecular flexibility index (Phi) is 5.10. The zero-order valence-corrected chi connectivity index (χ0v) is 14.1. The fourth-order valence-electron chi connectivity index (χ4n) is 2.67. The Morgan fingerprint density at radius 2 is 1.67 bits per heavy atom. The normalized spacial score (nSPS) is 17.9. The molecule has 0 aliphatic heterocycles. The Balaban J connectivity index is 2.13. The second kappa shape index (κ2) is 6.49. The lowest BCUT2D eigenvalue weighted by Gasteiger charge is -2.24. The minimum atomic E-state index is -3.63. The fourth-order valence-corrected chi connectivity index (χ4v) is 3.80. The predicted octanol–water partition coefficient (Wildman–Crippen LogP) is 4.41. The summed E-state index contributed by atoms with van der Waals surface area (Å²) in [4.78, 5) is 0.267. The van der Waals surface area contributed by atoms with Crippen LogP contribution in [0.15, 0.2) is 29.2 Å². The lowest BCUT2D eigenvalue weighted by molar-refractivity contribution is 0.162. The van der Waals surface area contributed by atoms with E-state index in [1.165, 1.54) is 6.42 Å². The van der Waals surface area contributed by atoms with Crippen molar-refractivity contribution in [1.82, 2.24) is 0 Å². The molecule has 1 saturated carbocycles. The van der Waals surface area contributed by atoms with E-state index in [2.05, 4.69) is 20.8 Å². The van der Waals surface area contributed by atoms with Gasteiger partial charge in [0.15, 0.2) is 0 Å². The summed E-state index contributed by atoms with van der Waals surface area (Å²) < 4.78 is 30.0. The number of hydrogen-bond donors (Lipinski definition) is 0. The van der Waals surface area contributed by atoms with Crippen LogP contribution in [-0.4, -0.2) is 14.5 Å². The zero-order valence-electron chi connectivity index (χ0n) is 13.3. The van der Waals surface area contributed by atoms with Gasteiger partial charge < -0.3 is 0 Å². The minimum Gasteiger partial charge on any atom is -0.263 e. The maximum atomic E-state index is 12.3. The molecule has 21 heavy (non-hydrogen) atoms. The van der Waals surface area contributed by atoms with Gasteiger partial charge in [-0.3, -0.25) is 4.18 Å². The highest BCUT2D eigenvalue weighted by Crippen LogP contribution is 2.29. The summed E-state index contributed by atoms with van der Waals surface area (Å²) in [6.45, 7) is 6.46. The molecule has 2 rings (SSSR count). The van der Waals surface area contributed by atoms with Crippen molar-refractivity contribution in [2.75, 3.05) is 0 Å². The summed E-state index contributed by atoms with van der Waals surface area (Å²) in [5, 5.41) is 0. The van der Waals surface area contributed by atoms with Crippen LogP contribution < -0.4 is 0 Å². The van der Waals surface area contributed by atoms with Crippen LogP contribution in [0, 0.1) is 0 Å². The molecule has 1 fully saturated rings. The lowest BCUT2D eigenvalue weighted by Crippen LogP contribution is -2.21. The van der Waals surface area contributed by atoms with Gasteiger partial charge in [-0.15, -0.1) is 0 Å². The van der Waals surface area contributed by atoms with E-state index < -0.39 is 10.1 Å². The summed E-state index contributed by atoms with van der Waals surface area (Å²) >= 11 is 0. The Bertz CT molecular complexity index is 552. The Morgan fingerprint density at radius 1 is 1.10 bits per heavy atom. The van der Waals surface area contributed by atoms with Crippen LogP contribution in [0.1, 0.15) is 64.9 Å². The van der Waals surface area contributed by atoms with Crippen LogP contribution in [0.25, 0.3) is 0 Å². The Hall–Kier alpha value is -0.870. The second-order valence-corrected chi connectivity index (χ2v) is 8.14. The SMILES string of the molecule is CCC(C)(C)c1ccc(S(=O)(=O)OC2CCCCC2)cc1. The Labute approximate surface area is 128 Å². The second-order valence-electron chi connectivity index (χ2n) is 6.57. The first-order chi connectivity index (χ1) is 9.85. The van der Waals surface area contributed by atoms with Crippen molar-refractivity contribution < 1.29 is 12.6 Å². The number of benzene rings is 1. The number of hydrogen-bond acceptors (Lipinski definition) is 3. The summed E-state index contributed by atoms with van der Waals surface area (Å²) in [6.07, 6.45) is 5.86. The molecule has 3 nitrogen and oxygen atoms in total. The highest BCUT2D eigenvalue weighted by molar-refractivity contribution is 7.86. The molecule has 1 aliphatic carbocycles. The average molecular weight is 310 g/mol. The molecule has 0 unspecified atom stereocenters. The smallest absolute Gasteiger partial charge is 0.263 e. The maximum absolute atomic E-state index is 12.3. The minimum absolute atomic E-state index is 0.0620. The molecule has 0 saturated heterocycles. The van der Waals surface area contributed by atoms with Gasteiger partial charge in [0.1, 0.15) is 0 Å². The quantitative estimate of drug-likeness (QED) is 0.756. The molecule has 1 aromatic carbocycles. The topological polar surface area (TPSA) is 43.4 Å². The predicted molar refractivity (Wildman–Crippen MR) is 84.9 cm³/mol. The van der Waals surface area contributed by atoms with Gasteiger partial charge in [0.05, 0.1) is 11.0 Å². The van der Waals surface area contributed by atoms with E-state index in [0.717, 1.165) is 37.7 Å². The van der Waals surface area contributed by atoms with Crippen molar-refractivity contribution in [2.45, 2.75) is 75.7 Å². The van der Waals surface area contributed by atoms with E-state index in [9.17, 15) is 8.42 Å². The van der Waals surface area contributed by atoms with Crippen LogP contribution in [0.4, 0.5) is 0 Å². The molecular weight excluding hydrogens is 284 g/mol. The van der Waals surface area contributed by atoms with Gasteiger partial charge >= 0.3 is 0 Å². The van der Waals surface area contributed by atoms with Crippen molar-refractivity contribution in [1.29, 1.82) is 0 Å². The number of rotatable bonds is 5. The van der Waals surface area contributed by atoms with Gasteiger partial charge in [-0.25, -0.2) is 0 Å². The maximum Gasteiger partial charge on any atom is 0.297 e. The van der Waals surface area contributed by atoms with Crippen LogP contribution in [0.2, 0.25) is 0 Å². The molecule has 0 atom stereocenters. The van der Waals surface area contributed by atoms with Crippen molar-refractivity contribution in [3.05, 3.63) is 29.8 Å². The molecule has 0 bridgehead atoms. The third-order valence-electron chi connectivity index (χ3n) is 4.62. The monoisotopic (exact) mass is 310 g/mol. The molecule has 0 radical (unpaired) electrons. The van der Waals surface area contributed by atoms with Gasteiger partial charge in [-0.1, -0.05) is 52.2 Å². The van der Waals surface area contributed by atoms with E-state index in [1.54, 1.807) is 12.1 Å². The van der Waals surface area contributed by atoms with Gasteiger partial charge in [-0.05, 0) is 42.4 Å². The first-order valence-electron chi connectivity index (χ1n) is 7.89.